The standard InChI is InChI=1S/C18H21NO3S.C7H8O3S/c1-14-4-2-3-5-18(14)23(21,22)17-8-6-15(7-9-17)12-19-11-10-16(20)13-19;1-6-2-4-7(5-3-6)11(8,9)10/h2-9,16,20H,10-13H2,1H3;2-5H,1H3,(H,8,9,10)/p-1/t16-;/m0./s1. The molecule has 3 aromatic rings. The summed E-state index contributed by atoms with van der Waals surface area (Å²) in [5.74, 6) is 0. The van der Waals surface area contributed by atoms with E-state index in [1.807, 2.05) is 25.1 Å². The second-order valence-electron chi connectivity index (χ2n) is 8.36. The molecule has 7 nitrogen and oxygen atoms in total. The van der Waals surface area contributed by atoms with Crippen LogP contribution in [-0.4, -0.2) is 50.6 Å². The first kappa shape index (κ1) is 26.1. The summed E-state index contributed by atoms with van der Waals surface area (Å²) >= 11 is 0. The summed E-state index contributed by atoms with van der Waals surface area (Å²) in [6.45, 7) is 5.93. The summed E-state index contributed by atoms with van der Waals surface area (Å²) < 4.78 is 56.6. The lowest BCUT2D eigenvalue weighted by Gasteiger charge is -2.15. The van der Waals surface area contributed by atoms with Crippen molar-refractivity contribution in [3.63, 3.8) is 0 Å². The molecule has 0 saturated carbocycles. The van der Waals surface area contributed by atoms with E-state index in [0.29, 0.717) is 16.3 Å². The van der Waals surface area contributed by atoms with Crippen molar-refractivity contribution in [3.8, 4) is 0 Å². The van der Waals surface area contributed by atoms with Gasteiger partial charge in [0.1, 0.15) is 10.1 Å². The fourth-order valence-electron chi connectivity index (χ4n) is 3.68. The first-order chi connectivity index (χ1) is 16.0. The number of aliphatic hydroxyl groups is 1. The van der Waals surface area contributed by atoms with Gasteiger partial charge in [-0.3, -0.25) is 4.90 Å². The third kappa shape index (κ3) is 6.74. The van der Waals surface area contributed by atoms with E-state index in [-0.39, 0.29) is 11.0 Å². The Hall–Kier alpha value is -2.56. The minimum absolute atomic E-state index is 0.178. The zero-order valence-corrected chi connectivity index (χ0v) is 20.7. The molecule has 0 radical (unpaired) electrons. The van der Waals surface area contributed by atoms with E-state index >= 15 is 0 Å². The summed E-state index contributed by atoms with van der Waals surface area (Å²) in [5.41, 5.74) is 2.74. The average molecular weight is 503 g/mol. The van der Waals surface area contributed by atoms with Gasteiger partial charge < -0.3 is 9.66 Å². The molecule has 0 aliphatic carbocycles. The molecule has 182 valence electrons. The van der Waals surface area contributed by atoms with E-state index in [1.54, 1.807) is 49.4 Å². The molecule has 3 aromatic carbocycles. The highest BCUT2D eigenvalue weighted by molar-refractivity contribution is 7.91. The van der Waals surface area contributed by atoms with Gasteiger partial charge in [-0.1, -0.05) is 48.0 Å². The number of sulfone groups is 1. The van der Waals surface area contributed by atoms with Crippen LogP contribution < -0.4 is 0 Å². The molecule has 0 amide bonds. The molecule has 4 rings (SSSR count). The zero-order valence-electron chi connectivity index (χ0n) is 19.1. The minimum Gasteiger partial charge on any atom is -0.744 e. The van der Waals surface area contributed by atoms with Crippen molar-refractivity contribution in [2.75, 3.05) is 13.1 Å². The lowest BCUT2D eigenvalue weighted by atomic mass is 10.2. The van der Waals surface area contributed by atoms with Crippen LogP contribution in [0.2, 0.25) is 0 Å². The van der Waals surface area contributed by atoms with Crippen LogP contribution in [-0.2, 0) is 26.5 Å². The average Bonchev–Trinajstić information content (AvgIpc) is 3.19. The number of benzene rings is 3. The molecule has 0 aromatic heterocycles. The van der Waals surface area contributed by atoms with Gasteiger partial charge in [0.25, 0.3) is 0 Å². The number of aliphatic hydroxyl groups excluding tert-OH is 1. The van der Waals surface area contributed by atoms with Gasteiger partial charge in [0.15, 0.2) is 0 Å². The van der Waals surface area contributed by atoms with Gasteiger partial charge in [0.2, 0.25) is 9.84 Å². The Morgan fingerprint density at radius 1 is 0.882 bits per heavy atom. The molecule has 0 bridgehead atoms. The van der Waals surface area contributed by atoms with Crippen molar-refractivity contribution in [2.45, 2.75) is 47.6 Å². The van der Waals surface area contributed by atoms with Gasteiger partial charge in [-0.2, -0.15) is 0 Å². The zero-order chi connectivity index (χ0) is 24.9. The van der Waals surface area contributed by atoms with E-state index in [1.165, 1.54) is 12.1 Å². The van der Waals surface area contributed by atoms with Crippen LogP contribution in [0.3, 0.4) is 0 Å². The highest BCUT2D eigenvalue weighted by Gasteiger charge is 2.21. The number of β-amino-alcohol motifs (C(OH)–C–C–N with tert-alkyl or cyclic N) is 1. The summed E-state index contributed by atoms with van der Waals surface area (Å²) in [5, 5.41) is 9.56. The first-order valence-electron chi connectivity index (χ1n) is 10.8. The second kappa shape index (κ2) is 10.8. The minimum atomic E-state index is -4.27. The summed E-state index contributed by atoms with van der Waals surface area (Å²) in [4.78, 5) is 2.67. The van der Waals surface area contributed by atoms with Crippen LogP contribution in [0.1, 0.15) is 23.1 Å². The smallest absolute Gasteiger partial charge is 0.206 e. The van der Waals surface area contributed by atoms with E-state index in [9.17, 15) is 26.5 Å². The van der Waals surface area contributed by atoms with Crippen LogP contribution >= 0.6 is 0 Å². The van der Waals surface area contributed by atoms with Crippen LogP contribution in [0.5, 0.6) is 0 Å². The van der Waals surface area contributed by atoms with Crippen molar-refractivity contribution in [2.24, 2.45) is 0 Å². The predicted octanol–water partition coefficient (Wildman–Crippen LogP) is 3.29. The molecular formula is C25H28NO6S2-. The highest BCUT2D eigenvalue weighted by Crippen LogP contribution is 2.24. The van der Waals surface area contributed by atoms with Crippen LogP contribution in [0, 0.1) is 13.8 Å². The quantitative estimate of drug-likeness (QED) is 0.532. The molecule has 1 aliphatic rings. The molecule has 0 spiro atoms. The Labute approximate surface area is 201 Å². The first-order valence-corrected chi connectivity index (χ1v) is 13.7. The lowest BCUT2D eigenvalue weighted by Crippen LogP contribution is -2.21. The second-order valence-corrected chi connectivity index (χ2v) is 11.7. The molecular weight excluding hydrogens is 474 g/mol. The number of likely N-dealkylation sites (tertiary alicyclic amines) is 1. The third-order valence-corrected chi connectivity index (χ3v) is 8.36. The van der Waals surface area contributed by atoms with Crippen molar-refractivity contribution in [3.05, 3.63) is 89.5 Å². The Morgan fingerprint density at radius 3 is 2.00 bits per heavy atom. The van der Waals surface area contributed by atoms with E-state index in [4.69, 9.17) is 0 Å². The van der Waals surface area contributed by atoms with Crippen LogP contribution in [0.25, 0.3) is 0 Å². The topological polar surface area (TPSA) is 115 Å². The number of hydrogen-bond donors (Lipinski definition) is 1. The Kier molecular flexibility index (Phi) is 8.27. The third-order valence-electron chi connectivity index (χ3n) is 5.58. The van der Waals surface area contributed by atoms with E-state index in [2.05, 4.69) is 4.90 Å². The van der Waals surface area contributed by atoms with Crippen molar-refractivity contribution in [1.82, 2.24) is 4.90 Å². The highest BCUT2D eigenvalue weighted by atomic mass is 32.2. The molecule has 1 atom stereocenters. The monoisotopic (exact) mass is 502 g/mol. The van der Waals surface area contributed by atoms with E-state index < -0.39 is 20.0 Å². The normalized spacial score (nSPS) is 16.6. The van der Waals surface area contributed by atoms with Crippen molar-refractivity contribution >= 4 is 20.0 Å². The number of hydrogen-bond acceptors (Lipinski definition) is 7. The molecule has 0 unspecified atom stereocenters. The maximum atomic E-state index is 12.7. The molecule has 1 fully saturated rings. The Morgan fingerprint density at radius 2 is 1.47 bits per heavy atom. The summed E-state index contributed by atoms with van der Waals surface area (Å²) in [6.07, 6.45) is 0.565. The maximum absolute atomic E-state index is 12.7. The summed E-state index contributed by atoms with van der Waals surface area (Å²) in [7, 11) is -7.75. The van der Waals surface area contributed by atoms with E-state index in [0.717, 1.165) is 36.2 Å². The fraction of sp³-hybridized carbons (Fsp3) is 0.280. The fourth-order valence-corrected chi connectivity index (χ4v) is 5.65. The van der Waals surface area contributed by atoms with Crippen LogP contribution in [0.4, 0.5) is 0 Å². The predicted molar refractivity (Wildman–Crippen MR) is 128 cm³/mol. The van der Waals surface area contributed by atoms with Crippen LogP contribution in [0.15, 0.2) is 87.5 Å². The molecule has 9 heteroatoms. The SMILES string of the molecule is Cc1ccc(S(=O)(=O)[O-])cc1.Cc1ccccc1S(=O)(=O)c1ccc(CN2CC[C@H](O)C2)cc1. The summed E-state index contributed by atoms with van der Waals surface area (Å²) in [6, 6.07) is 19.9. The van der Waals surface area contributed by atoms with Gasteiger partial charge >= 0.3 is 0 Å². The number of aryl methyl sites for hydroxylation is 2. The Bertz CT molecular complexity index is 1320. The van der Waals surface area contributed by atoms with Gasteiger partial charge in [-0.15, -0.1) is 0 Å². The molecule has 1 N–H and O–H groups in total. The van der Waals surface area contributed by atoms with Crippen molar-refractivity contribution < 1.29 is 26.5 Å². The van der Waals surface area contributed by atoms with Gasteiger partial charge in [0.05, 0.1) is 20.8 Å². The van der Waals surface area contributed by atoms with Gasteiger partial charge in [-0.25, -0.2) is 16.8 Å². The Balaban J connectivity index is 0.000000248. The molecule has 1 aliphatic heterocycles. The maximum Gasteiger partial charge on any atom is 0.206 e. The van der Waals surface area contributed by atoms with Crippen molar-refractivity contribution in [1.29, 1.82) is 0 Å². The largest absolute Gasteiger partial charge is 0.744 e. The molecule has 1 saturated heterocycles. The number of nitrogens with zero attached hydrogens (tertiary/aromatic N) is 1. The molecule has 1 heterocycles. The van der Waals surface area contributed by atoms with Gasteiger partial charge in [0, 0.05) is 19.6 Å². The van der Waals surface area contributed by atoms with Gasteiger partial charge in [-0.05, 0) is 61.7 Å². The lowest BCUT2D eigenvalue weighted by molar-refractivity contribution is 0.175. The molecule has 34 heavy (non-hydrogen) atoms. The number of rotatable bonds is 5.